The minimum absolute atomic E-state index is 0.0917. The van der Waals surface area contributed by atoms with Crippen LogP contribution in [0.2, 0.25) is 0 Å². The molecule has 0 saturated carbocycles. The Hall–Kier alpha value is -1.47. The lowest BCUT2D eigenvalue weighted by Crippen LogP contribution is -2.29. The van der Waals surface area contributed by atoms with Gasteiger partial charge in [-0.1, -0.05) is 0 Å². The molecule has 0 aromatic carbocycles. The third-order valence-electron chi connectivity index (χ3n) is 2.56. The summed E-state index contributed by atoms with van der Waals surface area (Å²) in [6, 6.07) is -0.188. The average Bonchev–Trinajstić information content (AvgIpc) is 2.97. The quantitative estimate of drug-likeness (QED) is 0.848. The maximum Gasteiger partial charge on any atom is 0.227 e. The highest BCUT2D eigenvalue weighted by Crippen LogP contribution is 2.13. The Morgan fingerprint density at radius 1 is 1.63 bits per heavy atom. The lowest BCUT2D eigenvalue weighted by Gasteiger charge is -2.12. The monoisotopic (exact) mass is 299 g/mol. The second-order valence-electron chi connectivity index (χ2n) is 4.13. The van der Waals surface area contributed by atoms with E-state index >= 15 is 0 Å². The second-order valence-corrected chi connectivity index (χ2v) is 5.34. The molecule has 102 valence electrons. The molecule has 8 heteroatoms. The molecule has 2 aromatic rings. The lowest BCUT2D eigenvalue weighted by molar-refractivity contribution is -0.121. The van der Waals surface area contributed by atoms with Crippen molar-refractivity contribution in [3.8, 4) is 0 Å². The molecule has 0 aliphatic heterocycles. The first-order valence-corrected chi connectivity index (χ1v) is 7.14. The smallest absolute Gasteiger partial charge is 0.227 e. The van der Waals surface area contributed by atoms with E-state index in [2.05, 4.69) is 20.5 Å². The van der Waals surface area contributed by atoms with Crippen molar-refractivity contribution >= 4 is 28.8 Å². The van der Waals surface area contributed by atoms with Gasteiger partial charge in [-0.15, -0.1) is 33.1 Å². The first-order chi connectivity index (χ1) is 9.10. The number of alkyl halides is 1. The molecule has 19 heavy (non-hydrogen) atoms. The standard InChI is InChI=1S/C11H14ClN5OS/c1-7(11-16-13-6-17(11)2)14-9(18)3-10-15-8(4-12)5-19-10/h5-7H,3-4H2,1-2H3,(H,14,18). The van der Waals surface area contributed by atoms with Crippen LogP contribution in [-0.2, 0) is 24.1 Å². The van der Waals surface area contributed by atoms with Crippen LogP contribution in [0.3, 0.4) is 0 Å². The number of nitrogens with zero attached hydrogens (tertiary/aromatic N) is 4. The molecule has 1 amide bonds. The van der Waals surface area contributed by atoms with Gasteiger partial charge in [-0.05, 0) is 6.92 Å². The lowest BCUT2D eigenvalue weighted by atomic mass is 10.3. The summed E-state index contributed by atoms with van der Waals surface area (Å²) in [7, 11) is 1.84. The largest absolute Gasteiger partial charge is 0.346 e. The van der Waals surface area contributed by atoms with Crippen LogP contribution in [0.15, 0.2) is 11.7 Å². The first kappa shape index (κ1) is 14.0. The van der Waals surface area contributed by atoms with Gasteiger partial charge in [0.15, 0.2) is 5.82 Å². The maximum absolute atomic E-state index is 11.9. The summed E-state index contributed by atoms with van der Waals surface area (Å²) in [5, 5.41) is 13.2. The number of aromatic nitrogens is 4. The van der Waals surface area contributed by atoms with Crippen LogP contribution < -0.4 is 5.32 Å². The summed E-state index contributed by atoms with van der Waals surface area (Å²) in [5.74, 6) is 0.993. The SMILES string of the molecule is CC(NC(=O)Cc1nc(CCl)cs1)c1nncn1C. The highest BCUT2D eigenvalue weighted by molar-refractivity contribution is 7.09. The third-order valence-corrected chi connectivity index (χ3v) is 3.73. The molecule has 2 heterocycles. The fourth-order valence-electron chi connectivity index (χ4n) is 1.67. The fourth-order valence-corrected chi connectivity index (χ4v) is 2.69. The predicted molar refractivity (Wildman–Crippen MR) is 72.9 cm³/mol. The minimum Gasteiger partial charge on any atom is -0.346 e. The molecule has 2 rings (SSSR count). The van der Waals surface area contributed by atoms with Gasteiger partial charge in [0.25, 0.3) is 0 Å². The van der Waals surface area contributed by atoms with Crippen LogP contribution in [0.4, 0.5) is 0 Å². The van der Waals surface area contributed by atoms with Crippen molar-refractivity contribution in [1.82, 2.24) is 25.1 Å². The first-order valence-electron chi connectivity index (χ1n) is 5.72. The predicted octanol–water partition coefficient (Wildman–Crippen LogP) is 1.43. The number of halogens is 1. The summed E-state index contributed by atoms with van der Waals surface area (Å²) in [6.45, 7) is 1.87. The average molecular weight is 300 g/mol. The van der Waals surface area contributed by atoms with E-state index in [0.29, 0.717) is 11.7 Å². The fraction of sp³-hybridized carbons (Fsp3) is 0.455. The number of amides is 1. The van der Waals surface area contributed by atoms with Crippen molar-refractivity contribution in [3.63, 3.8) is 0 Å². The summed E-state index contributed by atoms with van der Waals surface area (Å²) in [6.07, 6.45) is 1.86. The number of hydrogen-bond donors (Lipinski definition) is 1. The second kappa shape index (κ2) is 6.12. The van der Waals surface area contributed by atoms with Gasteiger partial charge < -0.3 is 9.88 Å². The zero-order chi connectivity index (χ0) is 13.8. The van der Waals surface area contributed by atoms with Crippen LogP contribution >= 0.6 is 22.9 Å². The number of nitrogens with one attached hydrogen (secondary N) is 1. The Labute approximate surface area is 119 Å². The zero-order valence-corrected chi connectivity index (χ0v) is 12.2. The van der Waals surface area contributed by atoms with Crippen molar-refractivity contribution in [3.05, 3.63) is 28.2 Å². The van der Waals surface area contributed by atoms with Crippen LogP contribution in [0.25, 0.3) is 0 Å². The van der Waals surface area contributed by atoms with Crippen LogP contribution in [-0.4, -0.2) is 25.7 Å². The number of thiazole rings is 1. The molecule has 1 atom stereocenters. The Kier molecular flexibility index (Phi) is 4.49. The van der Waals surface area contributed by atoms with Crippen LogP contribution in [0, 0.1) is 0 Å². The molecule has 0 radical (unpaired) electrons. The van der Waals surface area contributed by atoms with E-state index in [9.17, 15) is 4.79 Å². The Morgan fingerprint density at radius 2 is 2.42 bits per heavy atom. The molecule has 2 aromatic heterocycles. The van der Waals surface area contributed by atoms with Gasteiger partial charge in [-0.25, -0.2) is 4.98 Å². The van der Waals surface area contributed by atoms with Crippen LogP contribution in [0.5, 0.6) is 0 Å². The molecule has 1 unspecified atom stereocenters. The number of aryl methyl sites for hydroxylation is 1. The van der Waals surface area contributed by atoms with Gasteiger partial charge in [0.2, 0.25) is 5.91 Å². The van der Waals surface area contributed by atoms with E-state index in [1.54, 1.807) is 10.9 Å². The molecule has 6 nitrogen and oxygen atoms in total. The third kappa shape index (κ3) is 3.51. The molecule has 0 bridgehead atoms. The van der Waals surface area contributed by atoms with Gasteiger partial charge in [-0.2, -0.15) is 0 Å². The normalized spacial score (nSPS) is 12.4. The molecule has 0 aliphatic carbocycles. The number of carbonyl (C=O) groups is 1. The summed E-state index contributed by atoms with van der Waals surface area (Å²) >= 11 is 7.11. The van der Waals surface area contributed by atoms with Gasteiger partial charge in [0, 0.05) is 12.4 Å². The van der Waals surface area contributed by atoms with Crippen LogP contribution in [0.1, 0.15) is 29.5 Å². The minimum atomic E-state index is -0.188. The Balaban J connectivity index is 1.92. The molecular weight excluding hydrogens is 286 g/mol. The summed E-state index contributed by atoms with van der Waals surface area (Å²) < 4.78 is 1.78. The van der Waals surface area contributed by atoms with Gasteiger partial charge in [-0.3, -0.25) is 4.79 Å². The van der Waals surface area contributed by atoms with Gasteiger partial charge >= 0.3 is 0 Å². The van der Waals surface area contributed by atoms with Crippen molar-refractivity contribution in [2.75, 3.05) is 0 Å². The maximum atomic E-state index is 11.9. The van der Waals surface area contributed by atoms with Crippen molar-refractivity contribution < 1.29 is 4.79 Å². The highest BCUT2D eigenvalue weighted by atomic mass is 35.5. The molecule has 0 saturated heterocycles. The number of rotatable bonds is 5. The topological polar surface area (TPSA) is 72.7 Å². The van der Waals surface area contributed by atoms with Crippen molar-refractivity contribution in [2.24, 2.45) is 7.05 Å². The van der Waals surface area contributed by atoms with Gasteiger partial charge in [0.1, 0.15) is 11.3 Å². The van der Waals surface area contributed by atoms with Crippen molar-refractivity contribution in [1.29, 1.82) is 0 Å². The Bertz CT molecular complexity index is 567. The molecular formula is C11H14ClN5OS. The molecule has 0 aliphatic rings. The summed E-state index contributed by atoms with van der Waals surface area (Å²) in [5.41, 5.74) is 0.802. The number of carbonyl (C=O) groups excluding carboxylic acids is 1. The number of hydrogen-bond acceptors (Lipinski definition) is 5. The van der Waals surface area contributed by atoms with E-state index < -0.39 is 0 Å². The molecule has 1 N–H and O–H groups in total. The molecule has 0 spiro atoms. The summed E-state index contributed by atoms with van der Waals surface area (Å²) in [4.78, 5) is 16.1. The molecule has 0 fully saturated rings. The van der Waals surface area contributed by atoms with Crippen molar-refractivity contribution in [2.45, 2.75) is 25.3 Å². The zero-order valence-electron chi connectivity index (χ0n) is 10.6. The van der Waals surface area contributed by atoms with E-state index in [1.165, 1.54) is 11.3 Å². The van der Waals surface area contributed by atoms with E-state index in [0.717, 1.165) is 10.7 Å². The van der Waals surface area contributed by atoms with E-state index in [4.69, 9.17) is 11.6 Å². The van der Waals surface area contributed by atoms with E-state index in [-0.39, 0.29) is 18.4 Å². The van der Waals surface area contributed by atoms with E-state index in [1.807, 2.05) is 19.4 Å². The Morgan fingerprint density at radius 3 is 3.00 bits per heavy atom. The van der Waals surface area contributed by atoms with Gasteiger partial charge in [0.05, 0.1) is 24.0 Å². The highest BCUT2D eigenvalue weighted by Gasteiger charge is 2.15.